The maximum Gasteiger partial charge on any atom is 0.197 e. The van der Waals surface area contributed by atoms with Gasteiger partial charge in [-0.25, -0.2) is 4.98 Å². The van der Waals surface area contributed by atoms with E-state index < -0.39 is 0 Å². The molecule has 0 N–H and O–H groups in total. The Balaban J connectivity index is 1.43. The monoisotopic (exact) mass is 535 g/mol. The van der Waals surface area contributed by atoms with Crippen LogP contribution in [-0.4, -0.2) is 25.7 Å². The van der Waals surface area contributed by atoms with Crippen LogP contribution < -0.4 is 0 Å². The van der Waals surface area contributed by atoms with Crippen molar-refractivity contribution in [1.29, 1.82) is 0 Å². The van der Waals surface area contributed by atoms with Gasteiger partial charge in [-0.3, -0.25) is 14.2 Å². The minimum atomic E-state index is -0.211. The number of carbonyl (C=O) groups is 2. The van der Waals surface area contributed by atoms with Crippen molar-refractivity contribution in [1.82, 2.24) is 14.1 Å². The van der Waals surface area contributed by atoms with Crippen LogP contribution in [0.25, 0.3) is 45.1 Å². The number of para-hydroxylation sites is 1. The highest BCUT2D eigenvalue weighted by Gasteiger charge is 2.34. The van der Waals surface area contributed by atoms with Gasteiger partial charge in [-0.1, -0.05) is 74.5 Å². The van der Waals surface area contributed by atoms with E-state index in [9.17, 15) is 9.59 Å². The van der Waals surface area contributed by atoms with E-state index >= 15 is 0 Å². The smallest absolute Gasteiger partial charge is 0.197 e. The van der Waals surface area contributed by atoms with E-state index in [1.54, 1.807) is 6.08 Å². The van der Waals surface area contributed by atoms with Gasteiger partial charge in [0.15, 0.2) is 17.2 Å². The van der Waals surface area contributed by atoms with Crippen molar-refractivity contribution in [3.63, 3.8) is 0 Å². The third-order valence-corrected chi connectivity index (χ3v) is 8.29. The molecule has 200 valence electrons. The summed E-state index contributed by atoms with van der Waals surface area (Å²) in [7, 11) is 2.01. The molecular formula is C36H29N3O2. The summed E-state index contributed by atoms with van der Waals surface area (Å²) in [6.45, 7) is 4.16. The van der Waals surface area contributed by atoms with E-state index in [1.165, 1.54) is 0 Å². The quantitative estimate of drug-likeness (QED) is 0.167. The zero-order chi connectivity index (χ0) is 28.2. The molecule has 0 unspecified atom stereocenters. The minimum Gasteiger partial charge on any atom is -0.326 e. The average molecular weight is 536 g/mol. The van der Waals surface area contributed by atoms with Gasteiger partial charge in [-0.05, 0) is 71.1 Å². The van der Waals surface area contributed by atoms with Crippen molar-refractivity contribution in [2.75, 3.05) is 0 Å². The molecule has 41 heavy (non-hydrogen) atoms. The number of Topliss-reactive ketones (excluding diaryl/α,β-unsaturated/α-hetero) is 2. The highest BCUT2D eigenvalue weighted by molar-refractivity contribution is 6.41. The van der Waals surface area contributed by atoms with Crippen LogP contribution in [0.1, 0.15) is 51.4 Å². The number of aryl methyl sites for hydroxylation is 3. The summed E-state index contributed by atoms with van der Waals surface area (Å²) in [5, 5.41) is 2.29. The van der Waals surface area contributed by atoms with E-state index in [0.717, 1.165) is 68.7 Å². The van der Waals surface area contributed by atoms with Crippen molar-refractivity contribution in [2.45, 2.75) is 26.7 Å². The molecule has 0 bridgehead atoms. The molecule has 5 nitrogen and oxygen atoms in total. The third kappa shape index (κ3) is 3.80. The van der Waals surface area contributed by atoms with Gasteiger partial charge in [0.2, 0.25) is 0 Å². The number of imidazole rings is 1. The Bertz CT molecular complexity index is 2010. The molecule has 5 heteroatoms. The lowest BCUT2D eigenvalue weighted by molar-refractivity contribution is 0.0990. The number of benzene rings is 4. The summed E-state index contributed by atoms with van der Waals surface area (Å²) < 4.78 is 4.13. The molecule has 0 saturated carbocycles. The average Bonchev–Trinajstić information content (AvgIpc) is 3.60. The highest BCUT2D eigenvalue weighted by atomic mass is 16.2. The second-order valence-electron chi connectivity index (χ2n) is 10.6. The van der Waals surface area contributed by atoms with Crippen LogP contribution in [-0.2, 0) is 19.9 Å². The van der Waals surface area contributed by atoms with Crippen molar-refractivity contribution < 1.29 is 9.59 Å². The topological polar surface area (TPSA) is 56.9 Å². The Labute approximate surface area is 238 Å². The summed E-state index contributed by atoms with van der Waals surface area (Å²) in [5.74, 6) is 0.434. The Morgan fingerprint density at radius 2 is 1.37 bits per heavy atom. The Morgan fingerprint density at radius 1 is 0.732 bits per heavy atom. The molecule has 2 heterocycles. The molecule has 0 fully saturated rings. The first-order valence-corrected chi connectivity index (χ1v) is 14.1. The number of nitrogens with zero attached hydrogens (tertiary/aromatic N) is 3. The summed E-state index contributed by atoms with van der Waals surface area (Å²) in [5.41, 5.74) is 7.85. The fourth-order valence-corrected chi connectivity index (χ4v) is 6.16. The van der Waals surface area contributed by atoms with Crippen LogP contribution in [0, 0.1) is 0 Å². The van der Waals surface area contributed by atoms with Gasteiger partial charge in [0.1, 0.15) is 5.82 Å². The first kappa shape index (κ1) is 25.0. The van der Waals surface area contributed by atoms with Crippen molar-refractivity contribution in [2.24, 2.45) is 7.05 Å². The fraction of sp³-hybridized carbons (Fsp3) is 0.139. The van der Waals surface area contributed by atoms with Crippen LogP contribution >= 0.6 is 0 Å². The van der Waals surface area contributed by atoms with Crippen molar-refractivity contribution >= 4 is 39.6 Å². The zero-order valence-electron chi connectivity index (χ0n) is 23.3. The molecule has 0 amide bonds. The molecule has 6 aromatic rings. The lowest BCUT2D eigenvalue weighted by Crippen LogP contribution is -2.03. The number of allylic oxidation sites excluding steroid dienone is 1. The molecule has 0 spiro atoms. The number of aromatic nitrogens is 3. The molecule has 2 aromatic heterocycles. The van der Waals surface area contributed by atoms with Crippen LogP contribution in [0.3, 0.4) is 0 Å². The zero-order valence-corrected chi connectivity index (χ0v) is 23.3. The normalized spacial score (nSPS) is 13.0. The predicted molar refractivity (Wildman–Crippen MR) is 165 cm³/mol. The maximum absolute atomic E-state index is 13.6. The molecule has 4 aromatic carbocycles. The fourth-order valence-electron chi connectivity index (χ4n) is 6.16. The molecule has 0 saturated heterocycles. The largest absolute Gasteiger partial charge is 0.326 e. The lowest BCUT2D eigenvalue weighted by atomic mass is 9.96. The molecule has 1 aliphatic rings. The van der Waals surface area contributed by atoms with Crippen molar-refractivity contribution in [3.05, 3.63) is 125 Å². The summed E-state index contributed by atoms with van der Waals surface area (Å²) in [4.78, 5) is 32.3. The lowest BCUT2D eigenvalue weighted by Gasteiger charge is -2.09. The van der Waals surface area contributed by atoms with E-state index in [0.29, 0.717) is 11.1 Å². The Kier molecular flexibility index (Phi) is 5.82. The molecule has 7 rings (SSSR count). The molecule has 0 aliphatic heterocycles. The number of rotatable bonds is 5. The molecular weight excluding hydrogens is 506 g/mol. The number of hydrogen-bond acceptors (Lipinski definition) is 3. The summed E-state index contributed by atoms with van der Waals surface area (Å²) in [6, 6.07) is 30.4. The van der Waals surface area contributed by atoms with Gasteiger partial charge in [-0.15, -0.1) is 0 Å². The van der Waals surface area contributed by atoms with Crippen LogP contribution in [0.4, 0.5) is 0 Å². The Hall–Kier alpha value is -5.03. The standard InChI is InChI=1S/C36H29N3O2/c1-4-22-18-29-30(19-23(22)5-2)34(41)31(33(29)40)20-26-21-32-36(39(26)25-14-7-6-8-15-25)37-35(38(32)3)28-17-11-13-24-12-9-10-16-27(24)28/h6-21H,4-5H2,1-3H3. The van der Waals surface area contributed by atoms with Crippen molar-refractivity contribution in [3.8, 4) is 17.1 Å². The van der Waals surface area contributed by atoms with Gasteiger partial charge in [0.25, 0.3) is 0 Å². The van der Waals surface area contributed by atoms with Crippen LogP contribution in [0.5, 0.6) is 0 Å². The number of ketones is 2. The number of fused-ring (bicyclic) bond motifs is 3. The maximum atomic E-state index is 13.6. The second-order valence-corrected chi connectivity index (χ2v) is 10.6. The summed E-state index contributed by atoms with van der Waals surface area (Å²) in [6.07, 6.45) is 3.39. The first-order chi connectivity index (χ1) is 20.0. The van der Waals surface area contributed by atoms with E-state index in [1.807, 2.05) is 72.3 Å². The van der Waals surface area contributed by atoms with E-state index in [4.69, 9.17) is 4.98 Å². The van der Waals surface area contributed by atoms with Gasteiger partial charge in [-0.2, -0.15) is 0 Å². The molecule has 0 atom stereocenters. The first-order valence-electron chi connectivity index (χ1n) is 14.1. The molecule has 1 aliphatic carbocycles. The van der Waals surface area contributed by atoms with E-state index in [-0.39, 0.29) is 17.1 Å². The van der Waals surface area contributed by atoms with Gasteiger partial charge in [0.05, 0.1) is 16.8 Å². The molecule has 0 radical (unpaired) electrons. The van der Waals surface area contributed by atoms with E-state index in [2.05, 4.69) is 48.7 Å². The van der Waals surface area contributed by atoms with Gasteiger partial charge >= 0.3 is 0 Å². The van der Waals surface area contributed by atoms with Crippen LogP contribution in [0.2, 0.25) is 0 Å². The Morgan fingerprint density at radius 3 is 2.05 bits per heavy atom. The highest BCUT2D eigenvalue weighted by Crippen LogP contribution is 2.35. The minimum absolute atomic E-state index is 0.199. The predicted octanol–water partition coefficient (Wildman–Crippen LogP) is 7.77. The number of carbonyl (C=O) groups excluding carboxylic acids is 2. The van der Waals surface area contributed by atoms with Gasteiger partial charge in [0, 0.05) is 29.4 Å². The summed E-state index contributed by atoms with van der Waals surface area (Å²) >= 11 is 0. The van der Waals surface area contributed by atoms with Crippen LogP contribution in [0.15, 0.2) is 96.6 Å². The second kappa shape index (κ2) is 9.56. The third-order valence-electron chi connectivity index (χ3n) is 8.29. The number of hydrogen-bond donors (Lipinski definition) is 0. The van der Waals surface area contributed by atoms with Gasteiger partial charge < -0.3 is 4.57 Å². The SMILES string of the molecule is CCc1cc2c(cc1CC)C(=O)C(=Cc1cc3c(nc(-c4cccc5ccccc45)n3C)n1-c1ccccc1)C2=O.